The molecule has 7 heteroatoms. The highest BCUT2D eigenvalue weighted by atomic mass is 16.4. The van der Waals surface area contributed by atoms with E-state index in [0.717, 1.165) is 0 Å². The van der Waals surface area contributed by atoms with Gasteiger partial charge in [0.05, 0.1) is 0 Å². The Balaban J connectivity index is 4.02. The van der Waals surface area contributed by atoms with Gasteiger partial charge in [-0.15, -0.1) is 0 Å². The zero-order valence-electron chi connectivity index (χ0n) is 9.52. The second-order valence-electron chi connectivity index (χ2n) is 3.64. The number of amides is 1. The van der Waals surface area contributed by atoms with Crippen molar-refractivity contribution in [2.45, 2.75) is 38.1 Å². The number of nitrogens with two attached hydrogens (primary N) is 1. The number of carbonyl (C=O) groups is 3. The van der Waals surface area contributed by atoms with Gasteiger partial charge in [0.1, 0.15) is 6.04 Å². The molecule has 0 heterocycles. The van der Waals surface area contributed by atoms with E-state index in [4.69, 9.17) is 15.9 Å². The van der Waals surface area contributed by atoms with E-state index in [1.54, 1.807) is 0 Å². The SMILES string of the molecule is NCCCCC(=O)N[C@@H](CCC(=O)O)C(=O)O. The number of carboxylic acids is 2. The molecule has 1 atom stereocenters. The van der Waals surface area contributed by atoms with Crippen LogP contribution in [0.25, 0.3) is 0 Å². The maximum absolute atomic E-state index is 11.3. The normalized spacial score (nSPS) is 11.8. The Kier molecular flexibility index (Phi) is 7.70. The van der Waals surface area contributed by atoms with Crippen LogP contribution in [-0.2, 0) is 14.4 Å². The molecule has 17 heavy (non-hydrogen) atoms. The molecule has 0 bridgehead atoms. The van der Waals surface area contributed by atoms with Crippen molar-refractivity contribution in [3.05, 3.63) is 0 Å². The van der Waals surface area contributed by atoms with Crippen LogP contribution in [0, 0.1) is 0 Å². The number of unbranched alkanes of at least 4 members (excludes halogenated alkanes) is 1. The molecule has 0 aliphatic rings. The lowest BCUT2D eigenvalue weighted by atomic mass is 10.1. The number of aliphatic carboxylic acids is 2. The van der Waals surface area contributed by atoms with Crippen LogP contribution in [-0.4, -0.2) is 40.6 Å². The fourth-order valence-electron chi connectivity index (χ4n) is 1.22. The molecule has 98 valence electrons. The van der Waals surface area contributed by atoms with Crippen molar-refractivity contribution in [3.63, 3.8) is 0 Å². The summed E-state index contributed by atoms with van der Waals surface area (Å²) in [6.07, 6.45) is 1.08. The van der Waals surface area contributed by atoms with Crippen LogP contribution in [0.3, 0.4) is 0 Å². The van der Waals surface area contributed by atoms with Crippen molar-refractivity contribution < 1.29 is 24.6 Å². The van der Waals surface area contributed by atoms with E-state index in [0.29, 0.717) is 19.4 Å². The van der Waals surface area contributed by atoms with Crippen LogP contribution < -0.4 is 11.1 Å². The third-order valence-corrected chi connectivity index (χ3v) is 2.14. The Bertz CT molecular complexity index is 280. The van der Waals surface area contributed by atoms with Gasteiger partial charge in [0.2, 0.25) is 5.91 Å². The summed E-state index contributed by atoms with van der Waals surface area (Å²) in [6.45, 7) is 0.481. The minimum absolute atomic E-state index is 0.118. The Morgan fingerprint density at radius 1 is 1.12 bits per heavy atom. The van der Waals surface area contributed by atoms with Crippen molar-refractivity contribution in [1.82, 2.24) is 5.32 Å². The van der Waals surface area contributed by atoms with Crippen LogP contribution >= 0.6 is 0 Å². The topological polar surface area (TPSA) is 130 Å². The van der Waals surface area contributed by atoms with Gasteiger partial charge in [-0.2, -0.15) is 0 Å². The summed E-state index contributed by atoms with van der Waals surface area (Å²) in [4.78, 5) is 32.4. The Labute approximate surface area is 99.0 Å². The van der Waals surface area contributed by atoms with Gasteiger partial charge in [-0.05, 0) is 25.8 Å². The maximum Gasteiger partial charge on any atom is 0.326 e. The first-order valence-electron chi connectivity index (χ1n) is 5.41. The molecule has 1 amide bonds. The average molecular weight is 246 g/mol. The lowest BCUT2D eigenvalue weighted by molar-refractivity contribution is -0.143. The largest absolute Gasteiger partial charge is 0.481 e. The number of rotatable bonds is 9. The molecule has 0 saturated carbocycles. The first-order chi connectivity index (χ1) is 7.97. The third kappa shape index (κ3) is 8.21. The zero-order valence-corrected chi connectivity index (χ0v) is 9.52. The fraction of sp³-hybridized carbons (Fsp3) is 0.700. The van der Waals surface area contributed by atoms with Crippen LogP contribution in [0.5, 0.6) is 0 Å². The van der Waals surface area contributed by atoms with Crippen molar-refractivity contribution >= 4 is 17.8 Å². The molecule has 0 fully saturated rings. The Morgan fingerprint density at radius 2 is 1.76 bits per heavy atom. The number of carboxylic acid groups (broad SMARTS) is 2. The monoisotopic (exact) mass is 246 g/mol. The van der Waals surface area contributed by atoms with Crippen molar-refractivity contribution in [3.8, 4) is 0 Å². The van der Waals surface area contributed by atoms with Crippen LogP contribution in [0.2, 0.25) is 0 Å². The lowest BCUT2D eigenvalue weighted by Gasteiger charge is -2.13. The Morgan fingerprint density at radius 3 is 2.24 bits per heavy atom. The van der Waals surface area contributed by atoms with E-state index >= 15 is 0 Å². The minimum Gasteiger partial charge on any atom is -0.481 e. The van der Waals surface area contributed by atoms with Crippen LogP contribution in [0.15, 0.2) is 0 Å². The highest BCUT2D eigenvalue weighted by Crippen LogP contribution is 2.00. The van der Waals surface area contributed by atoms with Gasteiger partial charge in [-0.25, -0.2) is 4.79 Å². The molecule has 0 aromatic rings. The first-order valence-corrected chi connectivity index (χ1v) is 5.41. The standard InChI is InChI=1S/C10H18N2O5/c11-6-2-1-3-8(13)12-7(10(16)17)4-5-9(14)15/h7H,1-6,11H2,(H,12,13)(H,14,15)(H,16,17)/t7-/m0/s1. The van der Waals surface area contributed by atoms with E-state index in [1.165, 1.54) is 0 Å². The molecule has 0 aliphatic heterocycles. The number of hydrogen-bond acceptors (Lipinski definition) is 4. The van der Waals surface area contributed by atoms with E-state index in [9.17, 15) is 14.4 Å². The average Bonchev–Trinajstić information content (AvgIpc) is 2.23. The molecular weight excluding hydrogens is 228 g/mol. The van der Waals surface area contributed by atoms with Gasteiger partial charge < -0.3 is 21.3 Å². The molecule has 0 aromatic carbocycles. The first kappa shape index (κ1) is 15.4. The number of hydrogen-bond donors (Lipinski definition) is 4. The second kappa shape index (κ2) is 8.51. The van der Waals surface area contributed by atoms with Crippen molar-refractivity contribution in [2.24, 2.45) is 5.73 Å². The van der Waals surface area contributed by atoms with Gasteiger partial charge in [-0.1, -0.05) is 0 Å². The number of nitrogens with one attached hydrogen (secondary N) is 1. The maximum atomic E-state index is 11.3. The molecule has 7 nitrogen and oxygen atoms in total. The zero-order chi connectivity index (χ0) is 13.3. The van der Waals surface area contributed by atoms with Gasteiger partial charge >= 0.3 is 11.9 Å². The van der Waals surface area contributed by atoms with Gasteiger partial charge in [0.25, 0.3) is 0 Å². The molecule has 0 aromatic heterocycles. The van der Waals surface area contributed by atoms with E-state index in [-0.39, 0.29) is 19.3 Å². The molecule has 0 saturated heterocycles. The second-order valence-corrected chi connectivity index (χ2v) is 3.64. The smallest absolute Gasteiger partial charge is 0.326 e. The molecular formula is C10H18N2O5. The van der Waals surface area contributed by atoms with E-state index in [1.807, 2.05) is 0 Å². The van der Waals surface area contributed by atoms with Crippen LogP contribution in [0.4, 0.5) is 0 Å². The van der Waals surface area contributed by atoms with E-state index < -0.39 is 23.9 Å². The van der Waals surface area contributed by atoms with Crippen molar-refractivity contribution in [2.75, 3.05) is 6.54 Å². The Hall–Kier alpha value is -1.63. The highest BCUT2D eigenvalue weighted by molar-refractivity contribution is 5.83. The predicted molar refractivity (Wildman–Crippen MR) is 59.3 cm³/mol. The molecule has 5 N–H and O–H groups in total. The highest BCUT2D eigenvalue weighted by Gasteiger charge is 2.20. The van der Waals surface area contributed by atoms with E-state index in [2.05, 4.69) is 5.32 Å². The molecule has 0 radical (unpaired) electrons. The summed E-state index contributed by atoms with van der Waals surface area (Å²) in [5, 5.41) is 19.5. The lowest BCUT2D eigenvalue weighted by Crippen LogP contribution is -2.41. The third-order valence-electron chi connectivity index (χ3n) is 2.14. The molecule has 0 spiro atoms. The van der Waals surface area contributed by atoms with Gasteiger partial charge in [-0.3, -0.25) is 9.59 Å². The quantitative estimate of drug-likeness (QED) is 0.408. The summed E-state index contributed by atoms with van der Waals surface area (Å²) in [5.74, 6) is -2.71. The molecule has 0 aliphatic carbocycles. The summed E-state index contributed by atoms with van der Waals surface area (Å²) in [5.41, 5.74) is 5.25. The van der Waals surface area contributed by atoms with Gasteiger partial charge in [0.15, 0.2) is 0 Å². The summed E-state index contributed by atoms with van der Waals surface area (Å²) in [6, 6.07) is -1.14. The summed E-state index contributed by atoms with van der Waals surface area (Å²) >= 11 is 0. The molecule has 0 unspecified atom stereocenters. The fourth-order valence-corrected chi connectivity index (χ4v) is 1.22. The summed E-state index contributed by atoms with van der Waals surface area (Å²) < 4.78 is 0. The molecule has 0 rings (SSSR count). The minimum atomic E-state index is -1.22. The summed E-state index contributed by atoms with van der Waals surface area (Å²) in [7, 11) is 0. The number of carbonyl (C=O) groups excluding carboxylic acids is 1. The van der Waals surface area contributed by atoms with Crippen LogP contribution in [0.1, 0.15) is 32.1 Å². The van der Waals surface area contributed by atoms with Crippen molar-refractivity contribution in [1.29, 1.82) is 0 Å². The predicted octanol–water partition coefficient (Wildman–Crippen LogP) is -0.450. The van der Waals surface area contributed by atoms with Gasteiger partial charge in [0, 0.05) is 12.8 Å².